The zero-order chi connectivity index (χ0) is 12.0. The molecule has 5 heteroatoms. The molecule has 0 aliphatic heterocycles. The van der Waals surface area contributed by atoms with Gasteiger partial charge in [-0.25, -0.2) is 4.98 Å². The van der Waals surface area contributed by atoms with Gasteiger partial charge in [-0.15, -0.1) is 0 Å². The minimum Gasteiger partial charge on any atom is -0.342 e. The Labute approximate surface area is 96.5 Å². The highest BCUT2D eigenvalue weighted by atomic mass is 16.2. The maximum Gasteiger partial charge on any atom is 0.242 e. The maximum absolute atomic E-state index is 11.8. The van der Waals surface area contributed by atoms with E-state index < -0.39 is 0 Å². The number of hydrogen-bond acceptors (Lipinski definition) is 3. The van der Waals surface area contributed by atoms with Crippen LogP contribution in [0, 0.1) is 0 Å². The van der Waals surface area contributed by atoms with E-state index >= 15 is 0 Å². The molecular formula is C11H20N4O. The molecule has 1 N–H and O–H groups in total. The predicted octanol–water partition coefficient (Wildman–Crippen LogP) is 0.471. The molecular weight excluding hydrogens is 204 g/mol. The van der Waals surface area contributed by atoms with Crippen LogP contribution in [0.1, 0.15) is 19.5 Å². The molecule has 1 aromatic heterocycles. The van der Waals surface area contributed by atoms with E-state index in [0.29, 0.717) is 6.54 Å². The highest BCUT2D eigenvalue weighted by molar-refractivity contribution is 5.75. The Morgan fingerprint density at radius 3 is 2.75 bits per heavy atom. The number of hydrogen-bond donors (Lipinski definition) is 1. The molecule has 0 aromatic carbocycles. The van der Waals surface area contributed by atoms with Gasteiger partial charge in [0.15, 0.2) is 0 Å². The molecule has 0 atom stereocenters. The van der Waals surface area contributed by atoms with Gasteiger partial charge in [0.1, 0.15) is 6.54 Å². The van der Waals surface area contributed by atoms with E-state index in [0.717, 1.165) is 25.3 Å². The first-order valence-corrected chi connectivity index (χ1v) is 5.64. The fraction of sp³-hybridized carbons (Fsp3) is 0.636. The second kappa shape index (κ2) is 6.27. The predicted molar refractivity (Wildman–Crippen MR) is 62.9 cm³/mol. The number of carbonyl (C=O) groups is 1. The highest BCUT2D eigenvalue weighted by Gasteiger charge is 2.10. The summed E-state index contributed by atoms with van der Waals surface area (Å²) in [6.07, 6.45) is 3.60. The minimum absolute atomic E-state index is 0.137. The van der Waals surface area contributed by atoms with E-state index in [1.54, 1.807) is 6.33 Å². The van der Waals surface area contributed by atoms with E-state index in [2.05, 4.69) is 10.3 Å². The fourth-order valence-electron chi connectivity index (χ4n) is 1.60. The van der Waals surface area contributed by atoms with Gasteiger partial charge >= 0.3 is 0 Å². The number of likely N-dealkylation sites (N-methyl/N-ethyl adjacent to an activating group) is 1. The molecule has 0 saturated heterocycles. The van der Waals surface area contributed by atoms with Gasteiger partial charge in [0, 0.05) is 25.8 Å². The third-order valence-electron chi connectivity index (χ3n) is 2.48. The summed E-state index contributed by atoms with van der Waals surface area (Å²) >= 11 is 0. The Kier molecular flexibility index (Phi) is 4.98. The van der Waals surface area contributed by atoms with Gasteiger partial charge in [-0.3, -0.25) is 4.79 Å². The van der Waals surface area contributed by atoms with Crippen molar-refractivity contribution in [3.05, 3.63) is 18.2 Å². The summed E-state index contributed by atoms with van der Waals surface area (Å²) < 4.78 is 1.83. The van der Waals surface area contributed by atoms with Gasteiger partial charge < -0.3 is 14.8 Å². The van der Waals surface area contributed by atoms with Crippen molar-refractivity contribution in [3.8, 4) is 0 Å². The van der Waals surface area contributed by atoms with E-state index in [1.807, 2.05) is 36.6 Å². The second-order valence-corrected chi connectivity index (χ2v) is 3.63. The molecule has 1 amide bonds. The minimum atomic E-state index is 0.137. The molecule has 1 rings (SSSR count). The lowest BCUT2D eigenvalue weighted by Gasteiger charge is -2.18. The lowest BCUT2D eigenvalue weighted by atomic mass is 10.4. The van der Waals surface area contributed by atoms with Crippen LogP contribution in [0.5, 0.6) is 0 Å². The number of carbonyl (C=O) groups excluding carboxylic acids is 1. The van der Waals surface area contributed by atoms with Crippen LogP contribution in [-0.4, -0.2) is 40.5 Å². The number of amides is 1. The molecule has 90 valence electrons. The first-order valence-electron chi connectivity index (χ1n) is 5.64. The van der Waals surface area contributed by atoms with Crippen molar-refractivity contribution >= 4 is 5.91 Å². The number of aromatic nitrogens is 2. The average molecular weight is 224 g/mol. The fourth-order valence-corrected chi connectivity index (χ4v) is 1.60. The van der Waals surface area contributed by atoms with Crippen molar-refractivity contribution in [3.63, 3.8) is 0 Å². The van der Waals surface area contributed by atoms with Crippen molar-refractivity contribution in [1.82, 2.24) is 19.8 Å². The molecule has 0 aliphatic rings. The van der Waals surface area contributed by atoms with Crippen LogP contribution in [0.2, 0.25) is 0 Å². The zero-order valence-electron chi connectivity index (χ0n) is 10.2. The lowest BCUT2D eigenvalue weighted by Crippen LogP contribution is -2.33. The normalized spacial score (nSPS) is 10.4. The summed E-state index contributed by atoms with van der Waals surface area (Å²) in [5, 5.41) is 3.02. The average Bonchev–Trinajstić information content (AvgIpc) is 2.68. The van der Waals surface area contributed by atoms with Gasteiger partial charge in [-0.05, 0) is 20.9 Å². The smallest absolute Gasteiger partial charge is 0.242 e. The summed E-state index contributed by atoms with van der Waals surface area (Å²) in [6, 6.07) is 0. The summed E-state index contributed by atoms with van der Waals surface area (Å²) in [4.78, 5) is 17.8. The standard InChI is InChI=1S/C11H20N4O/c1-4-15(5-2)11(16)8-14-7-10(6-12-3)13-9-14/h7,9,12H,4-6,8H2,1-3H3. The van der Waals surface area contributed by atoms with Gasteiger partial charge in [0.25, 0.3) is 0 Å². The Bertz CT molecular complexity index is 330. The Morgan fingerprint density at radius 1 is 1.50 bits per heavy atom. The number of nitrogens with zero attached hydrogens (tertiary/aromatic N) is 3. The van der Waals surface area contributed by atoms with E-state index in [-0.39, 0.29) is 5.91 Å². The molecule has 0 radical (unpaired) electrons. The SMILES string of the molecule is CCN(CC)C(=O)Cn1cnc(CNC)c1. The van der Waals surface area contributed by atoms with Crippen molar-refractivity contribution in [1.29, 1.82) is 0 Å². The first kappa shape index (κ1) is 12.7. The summed E-state index contributed by atoms with van der Waals surface area (Å²) in [5.41, 5.74) is 0.954. The van der Waals surface area contributed by atoms with Crippen LogP contribution in [0.15, 0.2) is 12.5 Å². The summed E-state index contributed by atoms with van der Waals surface area (Å²) in [5.74, 6) is 0.137. The quantitative estimate of drug-likeness (QED) is 0.764. The van der Waals surface area contributed by atoms with Crippen LogP contribution >= 0.6 is 0 Å². The highest BCUT2D eigenvalue weighted by Crippen LogP contribution is 1.98. The maximum atomic E-state index is 11.8. The van der Waals surface area contributed by atoms with Gasteiger partial charge in [-0.1, -0.05) is 0 Å². The van der Waals surface area contributed by atoms with E-state index in [4.69, 9.17) is 0 Å². The molecule has 1 heterocycles. The molecule has 5 nitrogen and oxygen atoms in total. The summed E-state index contributed by atoms with van der Waals surface area (Å²) in [7, 11) is 1.88. The van der Waals surface area contributed by atoms with Crippen molar-refractivity contribution in [2.24, 2.45) is 0 Å². The molecule has 0 saturated carbocycles. The Morgan fingerprint density at radius 2 is 2.19 bits per heavy atom. The van der Waals surface area contributed by atoms with Gasteiger partial charge in [0.05, 0.1) is 12.0 Å². The monoisotopic (exact) mass is 224 g/mol. The van der Waals surface area contributed by atoms with Gasteiger partial charge in [-0.2, -0.15) is 0 Å². The zero-order valence-corrected chi connectivity index (χ0v) is 10.2. The molecule has 16 heavy (non-hydrogen) atoms. The van der Waals surface area contributed by atoms with Crippen molar-refractivity contribution in [2.45, 2.75) is 26.9 Å². The van der Waals surface area contributed by atoms with Crippen molar-refractivity contribution in [2.75, 3.05) is 20.1 Å². The molecule has 0 bridgehead atoms. The Balaban J connectivity index is 2.55. The number of imidazole rings is 1. The molecule has 0 aliphatic carbocycles. The van der Waals surface area contributed by atoms with Crippen LogP contribution in [-0.2, 0) is 17.9 Å². The summed E-state index contributed by atoms with van der Waals surface area (Å²) in [6.45, 7) is 6.59. The first-order chi connectivity index (χ1) is 7.71. The third kappa shape index (κ3) is 3.34. The molecule has 0 unspecified atom stereocenters. The number of rotatable bonds is 6. The van der Waals surface area contributed by atoms with E-state index in [9.17, 15) is 4.79 Å². The Hall–Kier alpha value is -1.36. The van der Waals surface area contributed by atoms with E-state index in [1.165, 1.54) is 0 Å². The second-order valence-electron chi connectivity index (χ2n) is 3.63. The third-order valence-corrected chi connectivity index (χ3v) is 2.48. The number of nitrogens with one attached hydrogen (secondary N) is 1. The van der Waals surface area contributed by atoms with Crippen LogP contribution < -0.4 is 5.32 Å². The van der Waals surface area contributed by atoms with Crippen molar-refractivity contribution < 1.29 is 4.79 Å². The topological polar surface area (TPSA) is 50.2 Å². The van der Waals surface area contributed by atoms with Crippen LogP contribution in [0.25, 0.3) is 0 Å². The molecule has 1 aromatic rings. The lowest BCUT2D eigenvalue weighted by molar-refractivity contribution is -0.131. The molecule has 0 spiro atoms. The van der Waals surface area contributed by atoms with Gasteiger partial charge in [0.2, 0.25) is 5.91 Å². The molecule has 0 fully saturated rings. The largest absolute Gasteiger partial charge is 0.342 e. The van der Waals surface area contributed by atoms with Crippen LogP contribution in [0.3, 0.4) is 0 Å². The van der Waals surface area contributed by atoms with Crippen LogP contribution in [0.4, 0.5) is 0 Å².